The van der Waals surface area contributed by atoms with Crippen LogP contribution in [0.15, 0.2) is 46.3 Å². The SMILES string of the molecule is CC(C)c1nccc2c1c(Sc1ccc(C(F)(F)F)cc1)c1n2CCC1CC(=O)O. The first kappa shape index (κ1) is 20.8. The normalized spacial score (nSPS) is 16.4. The van der Waals surface area contributed by atoms with Crippen molar-refractivity contribution in [1.29, 1.82) is 0 Å². The molecule has 0 saturated carbocycles. The van der Waals surface area contributed by atoms with Crippen LogP contribution in [-0.2, 0) is 17.5 Å². The number of fused-ring (bicyclic) bond motifs is 3. The Morgan fingerprint density at radius 2 is 1.97 bits per heavy atom. The Labute approximate surface area is 176 Å². The van der Waals surface area contributed by atoms with Gasteiger partial charge in [0.25, 0.3) is 0 Å². The number of aliphatic carboxylic acids is 1. The highest BCUT2D eigenvalue weighted by molar-refractivity contribution is 7.99. The van der Waals surface area contributed by atoms with Crippen LogP contribution in [0.3, 0.4) is 0 Å². The van der Waals surface area contributed by atoms with Gasteiger partial charge in [-0.3, -0.25) is 9.78 Å². The molecular formula is C22H21F3N2O2S. The molecule has 4 nitrogen and oxygen atoms in total. The van der Waals surface area contributed by atoms with E-state index in [1.54, 1.807) is 6.20 Å². The molecule has 1 unspecified atom stereocenters. The summed E-state index contributed by atoms with van der Waals surface area (Å²) in [5.74, 6) is -0.833. The maximum absolute atomic E-state index is 12.9. The van der Waals surface area contributed by atoms with Crippen molar-refractivity contribution in [2.75, 3.05) is 0 Å². The van der Waals surface area contributed by atoms with Crippen molar-refractivity contribution >= 4 is 28.6 Å². The lowest BCUT2D eigenvalue weighted by Gasteiger charge is -2.13. The van der Waals surface area contributed by atoms with E-state index in [-0.39, 0.29) is 18.3 Å². The third kappa shape index (κ3) is 3.69. The predicted molar refractivity (Wildman–Crippen MR) is 109 cm³/mol. The van der Waals surface area contributed by atoms with Gasteiger partial charge in [-0.15, -0.1) is 0 Å². The minimum absolute atomic E-state index is 0.0291. The topological polar surface area (TPSA) is 55.1 Å². The predicted octanol–water partition coefficient (Wildman–Crippen LogP) is 6.29. The summed E-state index contributed by atoms with van der Waals surface area (Å²) in [6, 6.07) is 7.03. The summed E-state index contributed by atoms with van der Waals surface area (Å²) in [4.78, 5) is 17.6. The molecule has 1 atom stereocenters. The van der Waals surface area contributed by atoms with Gasteiger partial charge >= 0.3 is 12.1 Å². The van der Waals surface area contributed by atoms with Crippen LogP contribution in [-0.4, -0.2) is 20.6 Å². The van der Waals surface area contributed by atoms with Crippen LogP contribution in [0.4, 0.5) is 13.2 Å². The summed E-state index contributed by atoms with van der Waals surface area (Å²) >= 11 is 1.39. The van der Waals surface area contributed by atoms with E-state index in [2.05, 4.69) is 9.55 Å². The molecule has 0 fully saturated rings. The van der Waals surface area contributed by atoms with E-state index in [4.69, 9.17) is 0 Å². The highest BCUT2D eigenvalue weighted by Gasteiger charge is 2.33. The number of pyridine rings is 1. The van der Waals surface area contributed by atoms with Crippen molar-refractivity contribution in [2.45, 2.75) is 61.0 Å². The van der Waals surface area contributed by atoms with Crippen LogP contribution >= 0.6 is 11.8 Å². The van der Waals surface area contributed by atoms with E-state index >= 15 is 0 Å². The third-order valence-electron chi connectivity index (χ3n) is 5.46. The Hall–Kier alpha value is -2.48. The van der Waals surface area contributed by atoms with Gasteiger partial charge < -0.3 is 9.67 Å². The molecule has 1 aliphatic heterocycles. The highest BCUT2D eigenvalue weighted by Crippen LogP contribution is 2.48. The van der Waals surface area contributed by atoms with Crippen molar-refractivity contribution in [1.82, 2.24) is 9.55 Å². The van der Waals surface area contributed by atoms with Gasteiger partial charge in [-0.2, -0.15) is 13.2 Å². The highest BCUT2D eigenvalue weighted by atomic mass is 32.2. The summed E-state index contributed by atoms with van der Waals surface area (Å²) < 4.78 is 40.9. The molecule has 0 amide bonds. The first-order valence-corrected chi connectivity index (χ1v) is 10.6. The molecule has 0 saturated heterocycles. The number of carboxylic acid groups (broad SMARTS) is 1. The van der Waals surface area contributed by atoms with Crippen molar-refractivity contribution in [3.05, 3.63) is 53.5 Å². The zero-order valence-corrected chi connectivity index (χ0v) is 17.3. The second kappa shape index (κ2) is 7.65. The lowest BCUT2D eigenvalue weighted by atomic mass is 9.99. The second-order valence-electron chi connectivity index (χ2n) is 7.82. The number of carbonyl (C=O) groups is 1. The van der Waals surface area contributed by atoms with Crippen LogP contribution in [0.2, 0.25) is 0 Å². The quantitative estimate of drug-likeness (QED) is 0.513. The van der Waals surface area contributed by atoms with Crippen molar-refractivity contribution in [3.8, 4) is 0 Å². The number of aryl methyl sites for hydroxylation is 1. The first-order chi connectivity index (χ1) is 14.2. The van der Waals surface area contributed by atoms with Crippen LogP contribution in [0.1, 0.15) is 55.5 Å². The van der Waals surface area contributed by atoms with E-state index < -0.39 is 17.7 Å². The van der Waals surface area contributed by atoms with E-state index in [9.17, 15) is 23.1 Å². The molecule has 0 spiro atoms. The molecular weight excluding hydrogens is 413 g/mol. The molecule has 4 rings (SSSR count). The monoisotopic (exact) mass is 434 g/mol. The fraction of sp³-hybridized carbons (Fsp3) is 0.364. The molecule has 1 aromatic carbocycles. The van der Waals surface area contributed by atoms with E-state index in [0.717, 1.165) is 52.3 Å². The van der Waals surface area contributed by atoms with Gasteiger partial charge in [0.2, 0.25) is 0 Å². The van der Waals surface area contributed by atoms with Crippen molar-refractivity contribution in [3.63, 3.8) is 0 Å². The van der Waals surface area contributed by atoms with Crippen LogP contribution < -0.4 is 0 Å². The van der Waals surface area contributed by atoms with E-state index in [1.807, 2.05) is 19.9 Å². The lowest BCUT2D eigenvalue weighted by molar-refractivity contribution is -0.138. The zero-order chi connectivity index (χ0) is 21.6. The average Bonchev–Trinajstić information content (AvgIpc) is 3.20. The van der Waals surface area contributed by atoms with Crippen molar-refractivity contribution in [2.24, 2.45) is 0 Å². The van der Waals surface area contributed by atoms with Crippen LogP contribution in [0, 0.1) is 0 Å². The Kier molecular flexibility index (Phi) is 5.30. The average molecular weight is 434 g/mol. The summed E-state index contributed by atoms with van der Waals surface area (Å²) in [5, 5.41) is 10.3. The Morgan fingerprint density at radius 3 is 2.57 bits per heavy atom. The Morgan fingerprint density at radius 1 is 1.27 bits per heavy atom. The molecule has 30 heavy (non-hydrogen) atoms. The largest absolute Gasteiger partial charge is 0.481 e. The van der Waals surface area contributed by atoms with Gasteiger partial charge in [0.05, 0.1) is 23.2 Å². The van der Waals surface area contributed by atoms with Gasteiger partial charge in [0.15, 0.2) is 0 Å². The number of benzene rings is 1. The fourth-order valence-corrected chi connectivity index (χ4v) is 5.35. The second-order valence-corrected chi connectivity index (χ2v) is 8.90. The summed E-state index contributed by atoms with van der Waals surface area (Å²) in [7, 11) is 0. The summed E-state index contributed by atoms with van der Waals surface area (Å²) in [6.07, 6.45) is -1.85. The van der Waals surface area contributed by atoms with Gasteiger partial charge in [-0.05, 0) is 42.7 Å². The van der Waals surface area contributed by atoms with E-state index in [1.165, 1.54) is 23.9 Å². The molecule has 1 aliphatic rings. The molecule has 3 heterocycles. The maximum Gasteiger partial charge on any atom is 0.416 e. The zero-order valence-electron chi connectivity index (χ0n) is 16.5. The maximum atomic E-state index is 12.9. The minimum Gasteiger partial charge on any atom is -0.481 e. The molecule has 0 bridgehead atoms. The standard InChI is InChI=1S/C22H21F3N2O2S/c1-12(2)19-18-16(7-9-26-19)27-10-8-13(11-17(28)29)20(27)21(18)30-15-5-3-14(4-6-15)22(23,24)25/h3-7,9,12-13H,8,10-11H2,1-2H3,(H,28,29). The van der Waals surface area contributed by atoms with Crippen LogP contribution in [0.25, 0.3) is 10.9 Å². The number of carboxylic acids is 1. The molecule has 1 N–H and O–H groups in total. The number of hydrogen-bond acceptors (Lipinski definition) is 3. The molecule has 8 heteroatoms. The smallest absolute Gasteiger partial charge is 0.416 e. The Balaban J connectivity index is 1.86. The molecule has 158 valence electrons. The van der Waals surface area contributed by atoms with E-state index in [0.29, 0.717) is 4.90 Å². The molecule has 0 aliphatic carbocycles. The van der Waals surface area contributed by atoms with Gasteiger partial charge in [0.1, 0.15) is 0 Å². The number of nitrogens with zero attached hydrogens (tertiary/aromatic N) is 2. The van der Waals surface area contributed by atoms with Crippen LogP contribution in [0.5, 0.6) is 0 Å². The number of hydrogen-bond donors (Lipinski definition) is 1. The Bertz CT molecular complexity index is 1100. The number of rotatable bonds is 5. The lowest BCUT2D eigenvalue weighted by Crippen LogP contribution is -2.04. The number of halogens is 3. The number of aromatic nitrogens is 2. The van der Waals surface area contributed by atoms with Gasteiger partial charge in [0, 0.05) is 39.5 Å². The molecule has 3 aromatic rings. The molecule has 0 radical (unpaired) electrons. The number of alkyl halides is 3. The summed E-state index contributed by atoms with van der Waals surface area (Å²) in [5.41, 5.74) is 2.18. The van der Waals surface area contributed by atoms with Gasteiger partial charge in [-0.1, -0.05) is 25.6 Å². The van der Waals surface area contributed by atoms with Gasteiger partial charge in [-0.25, -0.2) is 0 Å². The summed E-state index contributed by atoms with van der Waals surface area (Å²) in [6.45, 7) is 4.82. The fourth-order valence-electron chi connectivity index (χ4n) is 4.15. The first-order valence-electron chi connectivity index (χ1n) is 9.74. The third-order valence-corrected chi connectivity index (χ3v) is 6.58. The minimum atomic E-state index is -4.38. The molecule has 2 aromatic heterocycles. The van der Waals surface area contributed by atoms with Crippen molar-refractivity contribution < 1.29 is 23.1 Å².